The van der Waals surface area contributed by atoms with Crippen molar-refractivity contribution in [3.63, 3.8) is 0 Å². The fourth-order valence-corrected chi connectivity index (χ4v) is 2.56. The highest BCUT2D eigenvalue weighted by Crippen LogP contribution is 2.17. The van der Waals surface area contributed by atoms with Crippen molar-refractivity contribution in [3.05, 3.63) is 40.2 Å². The van der Waals surface area contributed by atoms with Crippen molar-refractivity contribution in [1.29, 1.82) is 0 Å². The number of aromatic nitrogens is 1. The number of likely N-dealkylation sites (N-methyl/N-ethyl adjacent to an activating group) is 1. The number of carbonyl (C=O) groups is 1. The molecule has 0 radical (unpaired) electrons. The van der Waals surface area contributed by atoms with Gasteiger partial charge in [0.05, 0.1) is 29.4 Å². The maximum absolute atomic E-state index is 11.9. The quantitative estimate of drug-likeness (QED) is 0.885. The van der Waals surface area contributed by atoms with Crippen molar-refractivity contribution in [2.24, 2.45) is 0 Å². The molecular formula is C14H19N3O2S. The average Bonchev–Trinajstić information content (AvgIpc) is 3.01. The van der Waals surface area contributed by atoms with Gasteiger partial charge in [0.15, 0.2) is 0 Å². The van der Waals surface area contributed by atoms with Gasteiger partial charge in [-0.15, -0.1) is 11.3 Å². The number of furan rings is 1. The second-order valence-electron chi connectivity index (χ2n) is 4.83. The van der Waals surface area contributed by atoms with Crippen LogP contribution in [0.15, 0.2) is 28.2 Å². The normalized spacial score (nSPS) is 12.6. The standard InChI is InChI=1S/C14H19N3O2S/c1-10-16-11(9-20-10)7-14(18)15-8-12(17(2)3)13-5-4-6-19-13/h4-6,9,12H,7-8H2,1-3H3,(H,15,18). The van der Waals surface area contributed by atoms with Crippen LogP contribution >= 0.6 is 11.3 Å². The first-order valence-corrected chi connectivity index (χ1v) is 7.31. The molecule has 2 rings (SSSR count). The Morgan fingerprint density at radius 1 is 1.55 bits per heavy atom. The largest absolute Gasteiger partial charge is 0.468 e. The second-order valence-corrected chi connectivity index (χ2v) is 5.90. The van der Waals surface area contributed by atoms with Crippen LogP contribution in [0.4, 0.5) is 0 Å². The smallest absolute Gasteiger partial charge is 0.226 e. The van der Waals surface area contributed by atoms with Gasteiger partial charge in [0, 0.05) is 11.9 Å². The lowest BCUT2D eigenvalue weighted by Crippen LogP contribution is -2.35. The number of hydrogen-bond donors (Lipinski definition) is 1. The van der Waals surface area contributed by atoms with Crippen molar-refractivity contribution < 1.29 is 9.21 Å². The summed E-state index contributed by atoms with van der Waals surface area (Å²) in [5.41, 5.74) is 0.824. The molecule has 0 aliphatic carbocycles. The molecule has 0 saturated carbocycles. The molecule has 1 atom stereocenters. The molecule has 20 heavy (non-hydrogen) atoms. The SMILES string of the molecule is Cc1nc(CC(=O)NCC(c2ccco2)N(C)C)cs1. The van der Waals surface area contributed by atoms with Crippen LogP contribution in [0.2, 0.25) is 0 Å². The number of nitrogens with zero attached hydrogens (tertiary/aromatic N) is 2. The van der Waals surface area contributed by atoms with Crippen LogP contribution in [0.25, 0.3) is 0 Å². The third kappa shape index (κ3) is 3.91. The minimum atomic E-state index is -0.0197. The Balaban J connectivity index is 1.88. The van der Waals surface area contributed by atoms with Crippen molar-refractivity contribution in [2.75, 3.05) is 20.6 Å². The van der Waals surface area contributed by atoms with E-state index in [4.69, 9.17) is 4.42 Å². The Kier molecular flexibility index (Phi) is 4.92. The minimum absolute atomic E-state index is 0.0197. The zero-order chi connectivity index (χ0) is 14.5. The fourth-order valence-electron chi connectivity index (χ4n) is 1.95. The van der Waals surface area contributed by atoms with Crippen molar-refractivity contribution in [1.82, 2.24) is 15.2 Å². The lowest BCUT2D eigenvalue weighted by molar-refractivity contribution is -0.120. The van der Waals surface area contributed by atoms with E-state index in [-0.39, 0.29) is 11.9 Å². The summed E-state index contributed by atoms with van der Waals surface area (Å²) in [4.78, 5) is 18.2. The predicted octanol–water partition coefficient (Wildman–Crippen LogP) is 2.01. The Bertz CT molecular complexity index is 549. The number of rotatable bonds is 6. The molecular weight excluding hydrogens is 274 g/mol. The molecule has 0 bridgehead atoms. The summed E-state index contributed by atoms with van der Waals surface area (Å²) in [5, 5.41) is 5.84. The number of carbonyl (C=O) groups excluding carboxylic acids is 1. The summed E-state index contributed by atoms with van der Waals surface area (Å²) in [5.74, 6) is 0.827. The van der Waals surface area contributed by atoms with Crippen LogP contribution in [-0.2, 0) is 11.2 Å². The second kappa shape index (κ2) is 6.67. The van der Waals surface area contributed by atoms with Crippen molar-refractivity contribution >= 4 is 17.2 Å². The predicted molar refractivity (Wildman–Crippen MR) is 78.7 cm³/mol. The summed E-state index contributed by atoms with van der Waals surface area (Å²) >= 11 is 1.56. The first-order valence-electron chi connectivity index (χ1n) is 6.44. The van der Waals surface area contributed by atoms with E-state index in [0.717, 1.165) is 16.5 Å². The molecule has 2 aromatic rings. The van der Waals surface area contributed by atoms with Crippen LogP contribution < -0.4 is 5.32 Å². The highest BCUT2D eigenvalue weighted by Gasteiger charge is 2.18. The highest BCUT2D eigenvalue weighted by atomic mass is 32.1. The van der Waals surface area contributed by atoms with Gasteiger partial charge in [0.1, 0.15) is 5.76 Å². The van der Waals surface area contributed by atoms with E-state index in [2.05, 4.69) is 10.3 Å². The monoisotopic (exact) mass is 293 g/mol. The molecule has 0 spiro atoms. The molecule has 0 aromatic carbocycles. The molecule has 2 heterocycles. The Labute approximate surface area is 122 Å². The average molecular weight is 293 g/mol. The Morgan fingerprint density at radius 2 is 2.35 bits per heavy atom. The number of hydrogen-bond acceptors (Lipinski definition) is 5. The van der Waals surface area contributed by atoms with Crippen LogP contribution in [-0.4, -0.2) is 36.4 Å². The maximum Gasteiger partial charge on any atom is 0.226 e. The number of amides is 1. The number of aryl methyl sites for hydroxylation is 1. The van der Waals surface area contributed by atoms with Crippen molar-refractivity contribution in [3.8, 4) is 0 Å². The summed E-state index contributed by atoms with van der Waals surface area (Å²) in [6.45, 7) is 2.45. The van der Waals surface area contributed by atoms with E-state index in [9.17, 15) is 4.79 Å². The molecule has 6 heteroatoms. The number of nitrogens with one attached hydrogen (secondary N) is 1. The lowest BCUT2D eigenvalue weighted by atomic mass is 10.2. The highest BCUT2D eigenvalue weighted by molar-refractivity contribution is 7.09. The van der Waals surface area contributed by atoms with Crippen LogP contribution in [0.1, 0.15) is 22.5 Å². The van der Waals surface area contributed by atoms with Crippen molar-refractivity contribution in [2.45, 2.75) is 19.4 Å². The lowest BCUT2D eigenvalue weighted by Gasteiger charge is -2.22. The molecule has 0 aliphatic rings. The minimum Gasteiger partial charge on any atom is -0.468 e. The molecule has 0 saturated heterocycles. The Hall–Kier alpha value is -1.66. The van der Waals surface area contributed by atoms with E-state index in [0.29, 0.717) is 13.0 Å². The van der Waals surface area contributed by atoms with Gasteiger partial charge in [-0.25, -0.2) is 4.98 Å². The van der Waals surface area contributed by atoms with Gasteiger partial charge >= 0.3 is 0 Å². The number of thiazole rings is 1. The molecule has 1 amide bonds. The molecule has 1 N–H and O–H groups in total. The van der Waals surface area contributed by atoms with Gasteiger partial charge < -0.3 is 9.73 Å². The summed E-state index contributed by atoms with van der Waals surface area (Å²) in [6, 6.07) is 3.80. The third-order valence-corrected chi connectivity index (χ3v) is 3.82. The Morgan fingerprint density at radius 3 is 2.90 bits per heavy atom. The van der Waals surface area contributed by atoms with Crippen LogP contribution in [0.3, 0.4) is 0 Å². The van der Waals surface area contributed by atoms with Gasteiger partial charge in [-0.2, -0.15) is 0 Å². The molecule has 1 unspecified atom stereocenters. The van der Waals surface area contributed by atoms with Crippen LogP contribution in [0, 0.1) is 6.92 Å². The summed E-state index contributed by atoms with van der Waals surface area (Å²) < 4.78 is 5.41. The van der Waals surface area contributed by atoms with Gasteiger partial charge in [-0.05, 0) is 33.2 Å². The van der Waals surface area contributed by atoms with Gasteiger partial charge in [-0.1, -0.05) is 0 Å². The zero-order valence-corrected chi connectivity index (χ0v) is 12.7. The first-order chi connectivity index (χ1) is 9.56. The topological polar surface area (TPSA) is 58.4 Å². The zero-order valence-electron chi connectivity index (χ0n) is 11.9. The van der Waals surface area contributed by atoms with Crippen LogP contribution in [0.5, 0.6) is 0 Å². The molecule has 5 nitrogen and oxygen atoms in total. The molecule has 0 aliphatic heterocycles. The summed E-state index contributed by atoms with van der Waals surface area (Å²) in [7, 11) is 3.92. The fraction of sp³-hybridized carbons (Fsp3) is 0.429. The third-order valence-electron chi connectivity index (χ3n) is 3.00. The summed E-state index contributed by atoms with van der Waals surface area (Å²) in [6.07, 6.45) is 1.97. The molecule has 108 valence electrons. The van der Waals surface area contributed by atoms with E-state index in [1.165, 1.54) is 0 Å². The van der Waals surface area contributed by atoms with Gasteiger partial charge in [0.2, 0.25) is 5.91 Å². The van der Waals surface area contributed by atoms with E-state index < -0.39 is 0 Å². The van der Waals surface area contributed by atoms with E-state index in [1.54, 1.807) is 17.6 Å². The van der Waals surface area contributed by atoms with E-state index >= 15 is 0 Å². The maximum atomic E-state index is 11.9. The first kappa shape index (κ1) is 14.7. The van der Waals surface area contributed by atoms with E-state index in [1.807, 2.05) is 43.4 Å². The molecule has 0 fully saturated rings. The molecule has 2 aromatic heterocycles. The van der Waals surface area contributed by atoms with Gasteiger partial charge in [0.25, 0.3) is 0 Å². The van der Waals surface area contributed by atoms with Gasteiger partial charge in [-0.3, -0.25) is 9.69 Å².